The molecule has 0 radical (unpaired) electrons. The molecule has 30 heavy (non-hydrogen) atoms. The first kappa shape index (κ1) is 19.4. The van der Waals surface area contributed by atoms with Gasteiger partial charge in [0, 0.05) is 19.2 Å². The van der Waals surface area contributed by atoms with Crippen molar-refractivity contribution in [3.63, 3.8) is 0 Å². The third-order valence-corrected chi connectivity index (χ3v) is 4.78. The van der Waals surface area contributed by atoms with E-state index in [4.69, 9.17) is 0 Å². The Morgan fingerprint density at radius 3 is 2.67 bits per heavy atom. The van der Waals surface area contributed by atoms with Crippen molar-refractivity contribution in [3.8, 4) is 5.69 Å². The van der Waals surface area contributed by atoms with Gasteiger partial charge in [0.1, 0.15) is 22.8 Å². The van der Waals surface area contributed by atoms with Crippen molar-refractivity contribution in [1.29, 1.82) is 0 Å². The molecule has 0 saturated carbocycles. The largest absolute Gasteiger partial charge is 0.310 e. The Labute approximate surface area is 171 Å². The van der Waals surface area contributed by atoms with Crippen LogP contribution in [0.3, 0.4) is 0 Å². The minimum atomic E-state index is -0.360. The van der Waals surface area contributed by atoms with Crippen LogP contribution in [0, 0.1) is 19.7 Å². The van der Waals surface area contributed by atoms with E-state index >= 15 is 0 Å². The Morgan fingerprint density at radius 1 is 1.17 bits per heavy atom. The topological polar surface area (TPSA) is 94.7 Å². The molecule has 0 aliphatic carbocycles. The highest BCUT2D eigenvalue weighted by Crippen LogP contribution is 2.15. The molecule has 1 N–H and O–H groups in total. The van der Waals surface area contributed by atoms with Gasteiger partial charge in [0.2, 0.25) is 5.91 Å². The molecule has 4 rings (SSSR count). The highest BCUT2D eigenvalue weighted by atomic mass is 19.1. The summed E-state index contributed by atoms with van der Waals surface area (Å²) < 4.78 is 16.1. The molecule has 0 fully saturated rings. The molecular weight excluding hydrogens is 387 g/mol. The molecule has 9 heteroatoms. The summed E-state index contributed by atoms with van der Waals surface area (Å²) in [6, 6.07) is 9.41. The highest BCUT2D eigenvalue weighted by Gasteiger charge is 2.15. The van der Waals surface area contributed by atoms with E-state index in [2.05, 4.69) is 20.4 Å². The lowest BCUT2D eigenvalue weighted by molar-refractivity contribution is -0.116. The fourth-order valence-electron chi connectivity index (χ4n) is 3.17. The van der Waals surface area contributed by atoms with Gasteiger partial charge >= 0.3 is 0 Å². The van der Waals surface area contributed by atoms with Crippen LogP contribution in [-0.2, 0) is 11.3 Å². The smallest absolute Gasteiger partial charge is 0.264 e. The number of carbonyl (C=O) groups is 1. The number of fused-ring (bicyclic) bond motifs is 1. The van der Waals surface area contributed by atoms with Crippen molar-refractivity contribution < 1.29 is 9.18 Å². The maximum Gasteiger partial charge on any atom is 0.264 e. The van der Waals surface area contributed by atoms with Crippen molar-refractivity contribution in [2.45, 2.75) is 26.8 Å². The van der Waals surface area contributed by atoms with E-state index < -0.39 is 0 Å². The second-order valence-electron chi connectivity index (χ2n) is 6.85. The van der Waals surface area contributed by atoms with Crippen molar-refractivity contribution in [2.24, 2.45) is 0 Å². The lowest BCUT2D eigenvalue weighted by Crippen LogP contribution is -2.26. The number of hydrogen-bond acceptors (Lipinski definition) is 5. The summed E-state index contributed by atoms with van der Waals surface area (Å²) in [5, 5.41) is 7.31. The summed E-state index contributed by atoms with van der Waals surface area (Å²) in [5.74, 6) is 0.352. The van der Waals surface area contributed by atoms with Gasteiger partial charge < -0.3 is 5.32 Å². The summed E-state index contributed by atoms with van der Waals surface area (Å²) in [6.45, 7) is 3.73. The van der Waals surface area contributed by atoms with E-state index in [0.717, 1.165) is 5.56 Å². The average Bonchev–Trinajstić information content (AvgIpc) is 3.14. The third-order valence-electron chi connectivity index (χ3n) is 4.78. The van der Waals surface area contributed by atoms with Crippen LogP contribution in [0.15, 0.2) is 53.6 Å². The number of rotatable bonds is 5. The number of pyridine rings is 1. The van der Waals surface area contributed by atoms with Gasteiger partial charge in [0.05, 0.1) is 11.9 Å². The number of aromatic nitrogens is 5. The van der Waals surface area contributed by atoms with Gasteiger partial charge in [-0.1, -0.05) is 6.07 Å². The van der Waals surface area contributed by atoms with Crippen LogP contribution in [0.5, 0.6) is 0 Å². The predicted octanol–water partition coefficient (Wildman–Crippen LogP) is 2.76. The number of benzene rings is 1. The van der Waals surface area contributed by atoms with Crippen molar-refractivity contribution in [1.82, 2.24) is 24.3 Å². The number of aryl methyl sites for hydroxylation is 2. The second-order valence-corrected chi connectivity index (χ2v) is 6.85. The van der Waals surface area contributed by atoms with Gasteiger partial charge in [0.15, 0.2) is 5.65 Å². The first-order valence-electron chi connectivity index (χ1n) is 9.36. The standard InChI is InChI=1S/C21H19FN6O2/c1-13-4-3-10-23-19(13)26-18(29)9-11-27-14(2)25-20-17(21(27)30)12-24-28(20)16-7-5-15(22)6-8-16/h3-8,10,12H,9,11H2,1-2H3,(H,23,26,29). The fraction of sp³-hybridized carbons (Fsp3) is 0.190. The number of nitrogens with zero attached hydrogens (tertiary/aromatic N) is 5. The molecule has 0 bridgehead atoms. The van der Waals surface area contributed by atoms with Crippen molar-refractivity contribution in [2.75, 3.05) is 5.32 Å². The van der Waals surface area contributed by atoms with Gasteiger partial charge in [-0.05, 0) is 49.7 Å². The molecule has 8 nitrogen and oxygen atoms in total. The van der Waals surface area contributed by atoms with Crippen LogP contribution in [0.4, 0.5) is 10.2 Å². The summed E-state index contributed by atoms with van der Waals surface area (Å²) in [6.07, 6.45) is 3.13. The summed E-state index contributed by atoms with van der Waals surface area (Å²) in [5.41, 5.74) is 1.55. The SMILES string of the molecule is Cc1cccnc1NC(=O)CCn1c(C)nc2c(cnn2-c2ccc(F)cc2)c1=O. The van der Waals surface area contributed by atoms with E-state index in [1.165, 1.54) is 27.6 Å². The fourth-order valence-corrected chi connectivity index (χ4v) is 3.17. The van der Waals surface area contributed by atoms with Crippen LogP contribution in [0.2, 0.25) is 0 Å². The summed E-state index contributed by atoms with van der Waals surface area (Å²) in [7, 11) is 0. The maximum atomic E-state index is 13.2. The third kappa shape index (κ3) is 3.69. The van der Waals surface area contributed by atoms with E-state index in [1.54, 1.807) is 31.3 Å². The molecule has 1 aromatic carbocycles. The lowest BCUT2D eigenvalue weighted by atomic mass is 10.3. The summed E-state index contributed by atoms with van der Waals surface area (Å²) >= 11 is 0. The molecule has 4 aromatic rings. The number of hydrogen-bond donors (Lipinski definition) is 1. The Kier molecular flexibility index (Phi) is 5.09. The van der Waals surface area contributed by atoms with Gasteiger partial charge in [-0.2, -0.15) is 5.10 Å². The van der Waals surface area contributed by atoms with E-state index in [1.807, 2.05) is 13.0 Å². The molecule has 152 valence electrons. The Hall–Kier alpha value is -3.88. The molecule has 0 unspecified atom stereocenters. The quantitative estimate of drug-likeness (QED) is 0.550. The molecule has 0 atom stereocenters. The normalized spacial score (nSPS) is 11.0. The van der Waals surface area contributed by atoms with E-state index in [0.29, 0.717) is 28.4 Å². The maximum absolute atomic E-state index is 13.2. The van der Waals surface area contributed by atoms with Gasteiger partial charge in [-0.25, -0.2) is 19.0 Å². The molecule has 1 amide bonds. The average molecular weight is 406 g/mol. The van der Waals surface area contributed by atoms with Crippen molar-refractivity contribution in [3.05, 3.63) is 76.4 Å². The number of carbonyl (C=O) groups excluding carboxylic acids is 1. The first-order valence-corrected chi connectivity index (χ1v) is 9.36. The number of amides is 1. The molecule has 0 aliphatic heterocycles. The van der Waals surface area contributed by atoms with E-state index in [-0.39, 0.29) is 30.2 Å². The molecule has 0 saturated heterocycles. The van der Waals surface area contributed by atoms with Gasteiger partial charge in [-0.3, -0.25) is 14.2 Å². The van der Waals surface area contributed by atoms with Crippen LogP contribution in [0.25, 0.3) is 16.7 Å². The van der Waals surface area contributed by atoms with Crippen LogP contribution in [0.1, 0.15) is 17.8 Å². The first-order chi connectivity index (χ1) is 14.4. The van der Waals surface area contributed by atoms with Crippen LogP contribution >= 0.6 is 0 Å². The van der Waals surface area contributed by atoms with Crippen LogP contribution < -0.4 is 10.9 Å². The monoisotopic (exact) mass is 406 g/mol. The molecule has 3 aromatic heterocycles. The van der Waals surface area contributed by atoms with E-state index in [9.17, 15) is 14.0 Å². The molecule has 0 spiro atoms. The molecule has 0 aliphatic rings. The Bertz CT molecular complexity index is 1290. The van der Waals surface area contributed by atoms with Crippen LogP contribution in [-0.4, -0.2) is 30.2 Å². The lowest BCUT2D eigenvalue weighted by Gasteiger charge is -2.11. The zero-order valence-corrected chi connectivity index (χ0v) is 16.5. The minimum absolute atomic E-state index is 0.0933. The predicted molar refractivity (Wildman–Crippen MR) is 110 cm³/mol. The highest BCUT2D eigenvalue weighted by molar-refractivity contribution is 5.90. The Balaban J connectivity index is 1.58. The number of nitrogens with one attached hydrogen (secondary N) is 1. The number of halogens is 1. The molecular formula is C21H19FN6O2. The molecule has 3 heterocycles. The number of anilines is 1. The zero-order chi connectivity index (χ0) is 21.3. The minimum Gasteiger partial charge on any atom is -0.310 e. The van der Waals surface area contributed by atoms with Gasteiger partial charge in [0.25, 0.3) is 5.56 Å². The Morgan fingerprint density at radius 2 is 1.93 bits per heavy atom. The second kappa shape index (κ2) is 7.86. The van der Waals surface area contributed by atoms with Gasteiger partial charge in [-0.15, -0.1) is 0 Å². The zero-order valence-electron chi connectivity index (χ0n) is 16.5. The summed E-state index contributed by atoms with van der Waals surface area (Å²) in [4.78, 5) is 33.9. The van der Waals surface area contributed by atoms with Crippen molar-refractivity contribution >= 4 is 22.8 Å².